The molecule has 0 fully saturated rings. The van der Waals surface area contributed by atoms with Crippen molar-refractivity contribution in [3.8, 4) is 5.75 Å². The summed E-state index contributed by atoms with van der Waals surface area (Å²) in [7, 11) is 1.56. The van der Waals surface area contributed by atoms with Gasteiger partial charge in [0.05, 0.1) is 34.7 Å². The molecule has 1 heterocycles. The lowest BCUT2D eigenvalue weighted by Gasteiger charge is -2.12. The number of nitrogens with zero attached hydrogens (tertiary/aromatic N) is 1. The monoisotopic (exact) mass is 283 g/mol. The molecular weight excluding hydrogens is 273 g/mol. The van der Waals surface area contributed by atoms with E-state index in [1.165, 1.54) is 12.4 Å². The molecule has 4 nitrogen and oxygen atoms in total. The lowest BCUT2D eigenvalue weighted by atomic mass is 10.2. The summed E-state index contributed by atoms with van der Waals surface area (Å²) in [4.78, 5) is 3.89. The number of pyridine rings is 1. The smallest absolute Gasteiger partial charge is 0.137 e. The number of nitrogens with one attached hydrogen (secondary N) is 1. The molecule has 0 saturated carbocycles. The van der Waals surface area contributed by atoms with Crippen LogP contribution in [-0.2, 0) is 0 Å². The molecule has 0 unspecified atom stereocenters. The van der Waals surface area contributed by atoms with Crippen LogP contribution in [0.5, 0.6) is 5.75 Å². The standard InChI is InChI=1S/C12H11Cl2N3O/c1-18-11-3-2-7(4-8(11)13)17-12-9(14)5-16-6-10(12)15/h2-6H,15H2,1H3,(H,16,17). The lowest BCUT2D eigenvalue weighted by molar-refractivity contribution is 0.415. The van der Waals surface area contributed by atoms with E-state index in [2.05, 4.69) is 10.3 Å². The fraction of sp³-hybridized carbons (Fsp3) is 0.0833. The van der Waals surface area contributed by atoms with Gasteiger partial charge in [0.25, 0.3) is 0 Å². The third kappa shape index (κ3) is 2.60. The van der Waals surface area contributed by atoms with Crippen LogP contribution in [0.3, 0.4) is 0 Å². The van der Waals surface area contributed by atoms with Crippen LogP contribution < -0.4 is 15.8 Å². The number of halogens is 2. The predicted octanol–water partition coefficient (Wildman–Crippen LogP) is 3.72. The number of nitrogen functional groups attached to an aromatic ring is 1. The Balaban J connectivity index is 2.32. The molecule has 94 valence electrons. The van der Waals surface area contributed by atoms with Crippen LogP contribution >= 0.6 is 23.2 Å². The molecule has 6 heteroatoms. The molecule has 18 heavy (non-hydrogen) atoms. The largest absolute Gasteiger partial charge is 0.495 e. The maximum Gasteiger partial charge on any atom is 0.137 e. The van der Waals surface area contributed by atoms with Gasteiger partial charge in [0, 0.05) is 11.9 Å². The molecule has 1 aromatic heterocycles. The fourth-order valence-electron chi connectivity index (χ4n) is 1.47. The maximum atomic E-state index is 6.03. The lowest BCUT2D eigenvalue weighted by Crippen LogP contribution is -1.98. The summed E-state index contributed by atoms with van der Waals surface area (Å²) in [5.41, 5.74) is 7.63. The van der Waals surface area contributed by atoms with Crippen molar-refractivity contribution in [1.82, 2.24) is 4.98 Å². The van der Waals surface area contributed by atoms with E-state index < -0.39 is 0 Å². The molecule has 0 amide bonds. The minimum absolute atomic E-state index is 0.446. The number of rotatable bonds is 3. The summed E-state index contributed by atoms with van der Waals surface area (Å²) in [6, 6.07) is 5.31. The van der Waals surface area contributed by atoms with E-state index in [0.29, 0.717) is 27.2 Å². The van der Waals surface area contributed by atoms with Crippen LogP contribution in [0.25, 0.3) is 0 Å². The summed E-state index contributed by atoms with van der Waals surface area (Å²) in [6.45, 7) is 0. The molecule has 0 aliphatic carbocycles. The molecule has 0 aliphatic rings. The van der Waals surface area contributed by atoms with Gasteiger partial charge in [-0.2, -0.15) is 0 Å². The van der Waals surface area contributed by atoms with Crippen molar-refractivity contribution in [3.63, 3.8) is 0 Å². The minimum Gasteiger partial charge on any atom is -0.495 e. The summed E-state index contributed by atoms with van der Waals surface area (Å²) in [6.07, 6.45) is 3.05. The molecular formula is C12H11Cl2N3O. The van der Waals surface area contributed by atoms with E-state index in [1.807, 2.05) is 6.07 Å². The summed E-state index contributed by atoms with van der Waals surface area (Å²) in [5.74, 6) is 0.607. The average molecular weight is 284 g/mol. The van der Waals surface area contributed by atoms with Crippen LogP contribution in [0, 0.1) is 0 Å². The Morgan fingerprint density at radius 3 is 2.61 bits per heavy atom. The molecule has 0 bridgehead atoms. The van der Waals surface area contributed by atoms with E-state index >= 15 is 0 Å². The number of anilines is 3. The predicted molar refractivity (Wildman–Crippen MR) is 74.9 cm³/mol. The number of nitrogens with two attached hydrogens (primary N) is 1. The molecule has 0 saturated heterocycles. The molecule has 0 aliphatic heterocycles. The maximum absolute atomic E-state index is 6.03. The number of aromatic nitrogens is 1. The van der Waals surface area contributed by atoms with E-state index in [9.17, 15) is 0 Å². The van der Waals surface area contributed by atoms with Gasteiger partial charge in [0.15, 0.2) is 0 Å². The highest BCUT2D eigenvalue weighted by atomic mass is 35.5. The zero-order chi connectivity index (χ0) is 13.1. The Hall–Kier alpha value is -1.65. The van der Waals surface area contributed by atoms with Crippen molar-refractivity contribution < 1.29 is 4.74 Å². The van der Waals surface area contributed by atoms with E-state index in [4.69, 9.17) is 33.7 Å². The third-order valence-corrected chi connectivity index (χ3v) is 2.93. The van der Waals surface area contributed by atoms with Gasteiger partial charge < -0.3 is 15.8 Å². The van der Waals surface area contributed by atoms with Crippen molar-refractivity contribution in [3.05, 3.63) is 40.6 Å². The molecule has 0 atom stereocenters. The van der Waals surface area contributed by atoms with Crippen molar-refractivity contribution in [1.29, 1.82) is 0 Å². The van der Waals surface area contributed by atoms with E-state index in [0.717, 1.165) is 5.69 Å². The highest BCUT2D eigenvalue weighted by molar-refractivity contribution is 6.34. The van der Waals surface area contributed by atoms with Crippen molar-refractivity contribution in [2.24, 2.45) is 0 Å². The Kier molecular flexibility index (Phi) is 3.79. The Morgan fingerprint density at radius 2 is 2.00 bits per heavy atom. The van der Waals surface area contributed by atoms with Gasteiger partial charge in [-0.1, -0.05) is 23.2 Å². The second kappa shape index (κ2) is 5.33. The minimum atomic E-state index is 0.446. The second-order valence-electron chi connectivity index (χ2n) is 3.56. The topological polar surface area (TPSA) is 60.2 Å². The molecule has 0 spiro atoms. The van der Waals surface area contributed by atoms with Gasteiger partial charge in [-0.25, -0.2) is 0 Å². The highest BCUT2D eigenvalue weighted by Gasteiger charge is 2.07. The van der Waals surface area contributed by atoms with Crippen molar-refractivity contribution >= 4 is 40.3 Å². The molecule has 2 rings (SSSR count). The number of benzene rings is 1. The van der Waals surface area contributed by atoms with E-state index in [-0.39, 0.29) is 0 Å². The number of hydrogen-bond donors (Lipinski definition) is 2. The summed E-state index contributed by atoms with van der Waals surface area (Å²) in [5, 5.41) is 4.05. The average Bonchev–Trinajstić information content (AvgIpc) is 2.34. The first-order chi connectivity index (χ1) is 8.61. The van der Waals surface area contributed by atoms with Crippen LogP contribution in [0.4, 0.5) is 17.1 Å². The van der Waals surface area contributed by atoms with Crippen molar-refractivity contribution in [2.75, 3.05) is 18.2 Å². The van der Waals surface area contributed by atoms with Crippen LogP contribution in [-0.4, -0.2) is 12.1 Å². The quantitative estimate of drug-likeness (QED) is 0.901. The summed E-state index contributed by atoms with van der Waals surface area (Å²) >= 11 is 12.0. The molecule has 1 aromatic carbocycles. The molecule has 0 radical (unpaired) electrons. The zero-order valence-corrected chi connectivity index (χ0v) is 11.1. The van der Waals surface area contributed by atoms with E-state index in [1.54, 1.807) is 19.2 Å². The van der Waals surface area contributed by atoms with Gasteiger partial charge in [-0.05, 0) is 18.2 Å². The normalized spacial score (nSPS) is 10.2. The SMILES string of the molecule is COc1ccc(Nc2c(N)cncc2Cl)cc1Cl. The fourth-order valence-corrected chi connectivity index (χ4v) is 1.94. The van der Waals surface area contributed by atoms with Crippen molar-refractivity contribution in [2.45, 2.75) is 0 Å². The van der Waals surface area contributed by atoms with Crippen LogP contribution in [0.2, 0.25) is 10.0 Å². The number of ether oxygens (including phenoxy) is 1. The van der Waals surface area contributed by atoms with Gasteiger partial charge in [0.2, 0.25) is 0 Å². The van der Waals surface area contributed by atoms with Gasteiger partial charge in [-0.3, -0.25) is 4.98 Å². The third-order valence-electron chi connectivity index (χ3n) is 2.35. The Morgan fingerprint density at radius 1 is 1.22 bits per heavy atom. The van der Waals surface area contributed by atoms with Gasteiger partial charge >= 0.3 is 0 Å². The second-order valence-corrected chi connectivity index (χ2v) is 4.37. The first kappa shape index (κ1) is 12.8. The molecule has 3 N–H and O–H groups in total. The first-order valence-corrected chi connectivity index (χ1v) is 5.87. The van der Waals surface area contributed by atoms with Crippen LogP contribution in [0.15, 0.2) is 30.6 Å². The number of methoxy groups -OCH3 is 1. The Bertz CT molecular complexity index is 555. The molecule has 2 aromatic rings. The zero-order valence-electron chi connectivity index (χ0n) is 9.58. The van der Waals surface area contributed by atoms with Crippen LogP contribution in [0.1, 0.15) is 0 Å². The number of hydrogen-bond acceptors (Lipinski definition) is 4. The van der Waals surface area contributed by atoms with Gasteiger partial charge in [-0.15, -0.1) is 0 Å². The Labute approximate surface area is 115 Å². The summed E-state index contributed by atoms with van der Waals surface area (Å²) < 4.78 is 5.08. The van der Waals surface area contributed by atoms with Gasteiger partial charge in [0.1, 0.15) is 5.75 Å². The first-order valence-electron chi connectivity index (χ1n) is 5.11. The highest BCUT2D eigenvalue weighted by Crippen LogP contribution is 2.33.